The molecule has 0 radical (unpaired) electrons. The Hall–Kier alpha value is -2.66. The number of rotatable bonds is 5. The Morgan fingerprint density at radius 2 is 1.79 bits per heavy atom. The summed E-state index contributed by atoms with van der Waals surface area (Å²) in [5.41, 5.74) is 0.543. The Morgan fingerprint density at radius 3 is 2.31 bits per heavy atom. The van der Waals surface area contributed by atoms with Gasteiger partial charge in [-0.2, -0.15) is 0 Å². The minimum atomic E-state index is -1.21. The number of carbonyl (C=O) groups is 2. The zero-order valence-electron chi connectivity index (χ0n) is 17.7. The van der Waals surface area contributed by atoms with Gasteiger partial charge in [0.25, 0.3) is 5.56 Å². The molecule has 0 aliphatic rings. The first kappa shape index (κ1) is 24.4. The van der Waals surface area contributed by atoms with E-state index in [0.717, 1.165) is 27.7 Å². The van der Waals surface area contributed by atoms with Crippen molar-refractivity contribution < 1.29 is 19.4 Å². The quantitative estimate of drug-likeness (QED) is 0.568. The Labute approximate surface area is 173 Å². The number of ether oxygens (including phenoxy) is 1. The Bertz CT molecular complexity index is 945. The second-order valence-corrected chi connectivity index (χ2v) is 7.80. The van der Waals surface area contributed by atoms with Crippen molar-refractivity contribution in [3.8, 4) is 0 Å². The van der Waals surface area contributed by atoms with Crippen LogP contribution in [0.3, 0.4) is 0 Å². The van der Waals surface area contributed by atoms with Crippen molar-refractivity contribution in [1.29, 1.82) is 0 Å². The first-order chi connectivity index (χ1) is 13.5. The maximum Gasteiger partial charge on any atom is 0.339 e. The molecule has 2 aromatic rings. The molecular formula is C21H29N2O5P. The van der Waals surface area contributed by atoms with Gasteiger partial charge < -0.3 is 19.7 Å². The lowest BCUT2D eigenvalue weighted by molar-refractivity contribution is -0.155. The average molecular weight is 420 g/mol. The van der Waals surface area contributed by atoms with Crippen LogP contribution in [0.1, 0.15) is 50.5 Å². The number of pyridine rings is 1. The number of carboxylic acid groups (broad SMARTS) is 1. The van der Waals surface area contributed by atoms with Gasteiger partial charge >= 0.3 is 11.9 Å². The summed E-state index contributed by atoms with van der Waals surface area (Å²) in [5.74, 6) is -1.83. The molecule has 0 fully saturated rings. The highest BCUT2D eigenvalue weighted by Gasteiger charge is 2.19. The smallest absolute Gasteiger partial charge is 0.339 e. The Morgan fingerprint density at radius 1 is 1.17 bits per heavy atom. The number of aryl methyl sites for hydroxylation is 1. The van der Waals surface area contributed by atoms with Crippen LogP contribution >= 0.6 is 9.24 Å². The summed E-state index contributed by atoms with van der Waals surface area (Å²) in [6.07, 6.45) is 1.15. The van der Waals surface area contributed by atoms with Gasteiger partial charge in [0.2, 0.25) is 0 Å². The van der Waals surface area contributed by atoms with Crippen molar-refractivity contribution in [2.45, 2.75) is 53.7 Å². The van der Waals surface area contributed by atoms with Crippen LogP contribution in [0.25, 0.3) is 0 Å². The molecule has 0 aliphatic heterocycles. The van der Waals surface area contributed by atoms with E-state index in [0.29, 0.717) is 5.69 Å². The number of aromatic carboxylic acids is 1. The van der Waals surface area contributed by atoms with Crippen LogP contribution in [0.5, 0.6) is 0 Å². The van der Waals surface area contributed by atoms with Crippen LogP contribution in [0.4, 0.5) is 11.4 Å². The minimum Gasteiger partial charge on any atom is -0.478 e. The number of carboxylic acids is 1. The van der Waals surface area contributed by atoms with E-state index in [-0.39, 0.29) is 17.8 Å². The lowest BCUT2D eigenvalue weighted by Gasteiger charge is -2.20. The number of benzene rings is 1. The third-order valence-electron chi connectivity index (χ3n) is 3.55. The summed E-state index contributed by atoms with van der Waals surface area (Å²) in [4.78, 5) is 36.0. The highest BCUT2D eigenvalue weighted by atomic mass is 31.0. The fraction of sp³-hybridized carbons (Fsp3) is 0.381. The van der Waals surface area contributed by atoms with E-state index in [1.807, 2.05) is 32.9 Å². The average Bonchev–Trinajstić information content (AvgIpc) is 2.59. The van der Waals surface area contributed by atoms with Gasteiger partial charge in [-0.15, -0.1) is 9.24 Å². The standard InChI is InChI=1S/C19H23N2O5P.C2H6/c1-11-5-6-13(15(27)7-11)20-14-8-16(22)21(9-12(14)18(24)25)10-17(23)26-19(2,3)4;1-2/h5-9,20H,10,27H2,1-4H3,(H,24,25);1-2H3. The first-order valence-corrected chi connectivity index (χ1v) is 9.87. The number of nitrogens with zero attached hydrogens (tertiary/aromatic N) is 1. The topological polar surface area (TPSA) is 97.6 Å². The Balaban J connectivity index is 0.00000204. The molecule has 1 atom stereocenters. The van der Waals surface area contributed by atoms with Crippen molar-refractivity contribution >= 4 is 37.9 Å². The maximum absolute atomic E-state index is 12.4. The van der Waals surface area contributed by atoms with Crippen molar-refractivity contribution in [1.82, 2.24) is 4.57 Å². The fourth-order valence-corrected chi connectivity index (χ4v) is 2.86. The number of hydrogen-bond donors (Lipinski definition) is 2. The molecule has 1 heterocycles. The molecule has 0 aliphatic carbocycles. The third kappa shape index (κ3) is 7.35. The van der Waals surface area contributed by atoms with Crippen LogP contribution in [0.2, 0.25) is 0 Å². The molecule has 0 saturated heterocycles. The zero-order chi connectivity index (χ0) is 22.4. The number of hydrogen-bond acceptors (Lipinski definition) is 5. The molecule has 2 N–H and O–H groups in total. The number of nitrogens with one attached hydrogen (secondary N) is 1. The lowest BCUT2D eigenvalue weighted by Crippen LogP contribution is -2.31. The zero-order valence-corrected chi connectivity index (χ0v) is 18.9. The van der Waals surface area contributed by atoms with E-state index >= 15 is 0 Å². The molecule has 8 heteroatoms. The second kappa shape index (κ2) is 10.2. The molecule has 0 saturated carbocycles. The predicted octanol–water partition coefficient (Wildman–Crippen LogP) is 3.47. The van der Waals surface area contributed by atoms with Crippen LogP contribution in [-0.4, -0.2) is 27.2 Å². The highest BCUT2D eigenvalue weighted by Crippen LogP contribution is 2.20. The molecule has 0 bridgehead atoms. The van der Waals surface area contributed by atoms with Gasteiger partial charge in [-0.1, -0.05) is 31.5 Å². The van der Waals surface area contributed by atoms with Crippen molar-refractivity contribution in [3.05, 3.63) is 51.9 Å². The molecule has 2 rings (SSSR count). The molecule has 1 aromatic heterocycles. The number of anilines is 2. The number of aromatic nitrogens is 1. The van der Waals surface area contributed by atoms with E-state index < -0.39 is 23.1 Å². The van der Waals surface area contributed by atoms with E-state index in [4.69, 9.17) is 4.74 Å². The number of carbonyl (C=O) groups excluding carboxylic acids is 1. The predicted molar refractivity (Wildman–Crippen MR) is 119 cm³/mol. The number of esters is 1. The summed E-state index contributed by atoms with van der Waals surface area (Å²) in [6.45, 7) is 10.7. The summed E-state index contributed by atoms with van der Waals surface area (Å²) in [7, 11) is 2.56. The molecule has 1 aromatic carbocycles. The van der Waals surface area contributed by atoms with Gasteiger partial charge in [0, 0.05) is 18.0 Å². The largest absolute Gasteiger partial charge is 0.478 e. The summed E-state index contributed by atoms with van der Waals surface area (Å²) in [5, 5.41) is 13.3. The van der Waals surface area contributed by atoms with Gasteiger partial charge in [-0.25, -0.2) is 4.79 Å². The molecule has 1 unspecified atom stereocenters. The maximum atomic E-state index is 12.4. The van der Waals surface area contributed by atoms with Crippen LogP contribution < -0.4 is 16.2 Å². The molecule has 29 heavy (non-hydrogen) atoms. The Kier molecular flexibility index (Phi) is 8.59. The van der Waals surface area contributed by atoms with Gasteiger partial charge in [0.1, 0.15) is 12.1 Å². The monoisotopic (exact) mass is 420 g/mol. The van der Waals surface area contributed by atoms with Gasteiger partial charge in [0.15, 0.2) is 0 Å². The van der Waals surface area contributed by atoms with Crippen molar-refractivity contribution in [2.24, 2.45) is 0 Å². The van der Waals surface area contributed by atoms with E-state index in [1.54, 1.807) is 26.8 Å². The van der Waals surface area contributed by atoms with Gasteiger partial charge in [-0.05, 0) is 39.1 Å². The molecule has 7 nitrogen and oxygen atoms in total. The fourth-order valence-electron chi connectivity index (χ4n) is 2.42. The van der Waals surface area contributed by atoms with Crippen molar-refractivity contribution in [2.75, 3.05) is 5.32 Å². The molecule has 0 amide bonds. The lowest BCUT2D eigenvalue weighted by atomic mass is 10.2. The summed E-state index contributed by atoms with van der Waals surface area (Å²) < 4.78 is 6.21. The van der Waals surface area contributed by atoms with Crippen LogP contribution in [-0.2, 0) is 16.1 Å². The molecule has 0 spiro atoms. The first-order valence-electron chi connectivity index (χ1n) is 9.29. The molecule has 158 valence electrons. The van der Waals surface area contributed by atoms with Crippen molar-refractivity contribution in [3.63, 3.8) is 0 Å². The SMILES string of the molecule is CC.Cc1ccc(Nc2cc(=O)n(CC(=O)OC(C)(C)C)cc2C(=O)O)c(P)c1. The van der Waals surface area contributed by atoms with E-state index in [2.05, 4.69) is 14.6 Å². The summed E-state index contributed by atoms with van der Waals surface area (Å²) >= 11 is 0. The highest BCUT2D eigenvalue weighted by molar-refractivity contribution is 7.28. The van der Waals surface area contributed by atoms with Crippen LogP contribution in [0, 0.1) is 6.92 Å². The normalized spacial score (nSPS) is 10.6. The van der Waals surface area contributed by atoms with Gasteiger partial charge in [0.05, 0.1) is 11.3 Å². The minimum absolute atomic E-state index is 0.122. The summed E-state index contributed by atoms with van der Waals surface area (Å²) in [6, 6.07) is 6.75. The van der Waals surface area contributed by atoms with Gasteiger partial charge in [-0.3, -0.25) is 9.59 Å². The molecular weight excluding hydrogens is 391 g/mol. The third-order valence-corrected chi connectivity index (χ3v) is 4.03. The van der Waals surface area contributed by atoms with E-state index in [9.17, 15) is 19.5 Å². The second-order valence-electron chi connectivity index (χ2n) is 7.17. The van der Waals surface area contributed by atoms with Crippen LogP contribution in [0.15, 0.2) is 35.3 Å². The van der Waals surface area contributed by atoms with E-state index in [1.165, 1.54) is 0 Å².